The van der Waals surface area contributed by atoms with E-state index < -0.39 is 0 Å². The predicted molar refractivity (Wildman–Crippen MR) is 97.6 cm³/mol. The van der Waals surface area contributed by atoms with Crippen LogP contribution >= 0.6 is 95.6 Å². The molecular weight excluding hydrogens is 612 g/mol. The lowest BCUT2D eigenvalue weighted by Crippen LogP contribution is -2.03. The molecule has 0 aliphatic carbocycles. The minimum absolute atomic E-state index is 0.127. The number of benzene rings is 1. The first-order valence-corrected chi connectivity index (χ1v) is 10.4. The third-order valence-corrected chi connectivity index (χ3v) is 5.28. The molecule has 0 radical (unpaired) electrons. The van der Waals surface area contributed by atoms with E-state index in [2.05, 4.69) is 115 Å². The summed E-state index contributed by atoms with van der Waals surface area (Å²) < 4.78 is 0.420. The Hall–Kier alpha value is 2.10. The van der Waals surface area contributed by atoms with Crippen molar-refractivity contribution in [2.45, 2.75) is 24.6 Å². The van der Waals surface area contributed by atoms with Crippen LogP contribution in [0.2, 0.25) is 0 Å². The van der Waals surface area contributed by atoms with Crippen molar-refractivity contribution >= 4 is 95.6 Å². The number of hydrogen-bond acceptors (Lipinski definition) is 0. The zero-order chi connectivity index (χ0) is 13.2. The maximum absolute atomic E-state index is 3.62. The van der Waals surface area contributed by atoms with Gasteiger partial charge in [0.05, 0.1) is 11.2 Å². The largest absolute Gasteiger partial charge is 0.0953 e. The molecule has 0 saturated carbocycles. The molecule has 0 amide bonds. The van der Waals surface area contributed by atoms with Crippen LogP contribution < -0.4 is 0 Å². The van der Waals surface area contributed by atoms with Gasteiger partial charge in [-0.05, 0) is 28.7 Å². The topological polar surface area (TPSA) is 0 Å². The van der Waals surface area contributed by atoms with E-state index in [0.29, 0.717) is 0 Å². The molecule has 0 spiro atoms. The lowest BCUT2D eigenvalue weighted by atomic mass is 9.97. The van der Waals surface area contributed by atoms with Gasteiger partial charge in [-0.2, -0.15) is 0 Å². The van der Waals surface area contributed by atoms with Crippen LogP contribution in [-0.4, -0.2) is 0 Å². The summed E-state index contributed by atoms with van der Waals surface area (Å²) in [5.41, 5.74) is 5.10. The summed E-state index contributed by atoms with van der Waals surface area (Å²) in [6, 6.07) is 4.34. The van der Waals surface area contributed by atoms with Crippen molar-refractivity contribution < 1.29 is 0 Å². The average Bonchev–Trinajstić information content (AvgIpc) is 2.26. The smallest absolute Gasteiger partial charge is 0.0712 e. The fourth-order valence-electron chi connectivity index (χ4n) is 1.70. The summed E-state index contributed by atoms with van der Waals surface area (Å²) in [5.74, 6) is 0. The number of halogens is 6. The van der Waals surface area contributed by atoms with E-state index in [9.17, 15) is 0 Å². The number of aryl methyl sites for hydroxylation is 1. The Labute approximate surface area is 152 Å². The molecule has 0 bridgehead atoms. The molecular formula is C11H10Br6. The molecule has 0 atom stereocenters. The van der Waals surface area contributed by atoms with Gasteiger partial charge in [-0.3, -0.25) is 0 Å². The second-order valence-electron chi connectivity index (χ2n) is 3.40. The lowest BCUT2D eigenvalue weighted by Gasteiger charge is -2.21. The Morgan fingerprint density at radius 3 is 1.71 bits per heavy atom. The van der Waals surface area contributed by atoms with Crippen molar-refractivity contribution in [3.05, 3.63) is 34.4 Å². The number of hydrogen-bond donors (Lipinski definition) is 0. The highest BCUT2D eigenvalue weighted by Crippen LogP contribution is 2.47. The van der Waals surface area contributed by atoms with Gasteiger partial charge >= 0.3 is 0 Å². The van der Waals surface area contributed by atoms with Crippen LogP contribution in [-0.2, 0) is 6.42 Å². The summed E-state index contributed by atoms with van der Waals surface area (Å²) >= 11 is 21.6. The van der Waals surface area contributed by atoms with Crippen molar-refractivity contribution in [3.8, 4) is 0 Å². The molecule has 1 aromatic carbocycles. The number of rotatable bonds is 4. The molecule has 96 valence electrons. The Morgan fingerprint density at radius 1 is 0.824 bits per heavy atom. The van der Waals surface area contributed by atoms with E-state index in [1.54, 1.807) is 0 Å². The van der Waals surface area contributed by atoms with Gasteiger partial charge < -0.3 is 0 Å². The fraction of sp³-hybridized carbons (Fsp3) is 0.455. The minimum atomic E-state index is 0.127. The van der Waals surface area contributed by atoms with Crippen LogP contribution in [0.15, 0.2) is 12.1 Å². The molecule has 0 aliphatic heterocycles. The monoisotopic (exact) mass is 616 g/mol. The SMILES string of the molecule is CCc1ccc(C(Br)Br)c(C(Br)Br)c1C(Br)Br. The van der Waals surface area contributed by atoms with Crippen LogP contribution in [0.1, 0.15) is 40.4 Å². The average molecular weight is 622 g/mol. The van der Waals surface area contributed by atoms with Gasteiger partial charge in [0.2, 0.25) is 0 Å². The van der Waals surface area contributed by atoms with Crippen LogP contribution in [0, 0.1) is 0 Å². The molecule has 6 heteroatoms. The summed E-state index contributed by atoms with van der Waals surface area (Å²) in [6.07, 6.45) is 1.01. The molecule has 0 fully saturated rings. The summed E-state index contributed by atoms with van der Waals surface area (Å²) in [6.45, 7) is 2.17. The molecule has 1 rings (SSSR count). The van der Waals surface area contributed by atoms with Gasteiger partial charge in [-0.15, -0.1) is 0 Å². The van der Waals surface area contributed by atoms with E-state index in [4.69, 9.17) is 0 Å². The van der Waals surface area contributed by atoms with E-state index >= 15 is 0 Å². The third kappa shape index (κ3) is 4.28. The van der Waals surface area contributed by atoms with E-state index in [1.165, 1.54) is 22.3 Å². The highest BCUT2D eigenvalue weighted by atomic mass is 79.9. The van der Waals surface area contributed by atoms with Crippen LogP contribution in [0.25, 0.3) is 0 Å². The van der Waals surface area contributed by atoms with Crippen molar-refractivity contribution in [2.24, 2.45) is 0 Å². The molecule has 0 heterocycles. The highest BCUT2D eigenvalue weighted by Gasteiger charge is 2.23. The minimum Gasteiger partial charge on any atom is -0.0712 e. The first-order valence-electron chi connectivity index (χ1n) is 4.90. The van der Waals surface area contributed by atoms with Gasteiger partial charge in [-0.25, -0.2) is 0 Å². The first kappa shape index (κ1) is 17.2. The van der Waals surface area contributed by atoms with Crippen molar-refractivity contribution in [2.75, 3.05) is 0 Å². The van der Waals surface area contributed by atoms with Gasteiger partial charge in [-0.1, -0.05) is 115 Å². The Morgan fingerprint density at radius 2 is 1.35 bits per heavy atom. The molecule has 0 nitrogen and oxygen atoms in total. The quantitative estimate of drug-likeness (QED) is 0.304. The number of alkyl halides is 6. The maximum Gasteiger partial charge on any atom is 0.0953 e. The summed E-state index contributed by atoms with van der Waals surface area (Å²) in [7, 11) is 0. The fourth-order valence-corrected chi connectivity index (χ4v) is 4.60. The van der Waals surface area contributed by atoms with Crippen LogP contribution in [0.3, 0.4) is 0 Å². The third-order valence-electron chi connectivity index (χ3n) is 2.46. The Kier molecular flexibility index (Phi) is 7.84. The van der Waals surface area contributed by atoms with Gasteiger partial charge in [0.25, 0.3) is 0 Å². The molecule has 0 aliphatic rings. The maximum atomic E-state index is 3.62. The van der Waals surface area contributed by atoms with Crippen LogP contribution in [0.5, 0.6) is 0 Å². The normalized spacial score (nSPS) is 11.9. The summed E-state index contributed by atoms with van der Waals surface area (Å²) in [5, 5.41) is 0. The molecule has 0 N–H and O–H groups in total. The zero-order valence-corrected chi connectivity index (χ0v) is 18.4. The highest BCUT2D eigenvalue weighted by molar-refractivity contribution is 9.24. The second-order valence-corrected chi connectivity index (χ2v) is 12.6. The van der Waals surface area contributed by atoms with Crippen LogP contribution in [0.4, 0.5) is 0 Å². The molecule has 0 aromatic heterocycles. The lowest BCUT2D eigenvalue weighted by molar-refractivity contribution is 1.07. The molecule has 0 unspecified atom stereocenters. The molecule has 17 heavy (non-hydrogen) atoms. The van der Waals surface area contributed by atoms with Crippen molar-refractivity contribution in [1.82, 2.24) is 0 Å². The van der Waals surface area contributed by atoms with Gasteiger partial charge in [0, 0.05) is 0 Å². The molecule has 1 aromatic rings. The standard InChI is InChI=1S/C11H10Br6/c1-2-5-3-4-6(9(12)13)8(11(16)17)7(5)10(14)15/h3-4,9-11H,2H2,1H3. The van der Waals surface area contributed by atoms with Gasteiger partial charge in [0.15, 0.2) is 0 Å². The molecule has 0 saturated heterocycles. The van der Waals surface area contributed by atoms with E-state index in [-0.39, 0.29) is 11.2 Å². The second kappa shape index (κ2) is 7.77. The van der Waals surface area contributed by atoms with Crippen molar-refractivity contribution in [3.63, 3.8) is 0 Å². The van der Waals surface area contributed by atoms with Crippen molar-refractivity contribution in [1.29, 1.82) is 0 Å². The Balaban J connectivity index is 3.53. The van der Waals surface area contributed by atoms with E-state index in [1.807, 2.05) is 0 Å². The Bertz CT molecular complexity index is 386. The first-order chi connectivity index (χ1) is 7.90. The zero-order valence-electron chi connectivity index (χ0n) is 8.86. The summed E-state index contributed by atoms with van der Waals surface area (Å²) in [4.78, 5) is 0. The van der Waals surface area contributed by atoms with E-state index in [0.717, 1.165) is 6.42 Å². The predicted octanol–water partition coefficient (Wildman–Crippen LogP) is 7.61. The van der Waals surface area contributed by atoms with Gasteiger partial charge in [0.1, 0.15) is 0 Å².